The van der Waals surface area contributed by atoms with E-state index in [4.69, 9.17) is 17.3 Å². The molecule has 0 aromatic carbocycles. The van der Waals surface area contributed by atoms with E-state index < -0.39 is 0 Å². The maximum atomic E-state index is 5.69. The van der Waals surface area contributed by atoms with Crippen molar-refractivity contribution in [2.45, 2.75) is 6.42 Å². The maximum Gasteiger partial charge on any atom is 0.156 e. The summed E-state index contributed by atoms with van der Waals surface area (Å²) in [5.74, 6) is 0.417. The van der Waals surface area contributed by atoms with Crippen molar-refractivity contribution in [3.8, 4) is 0 Å². The molecule has 9 heavy (non-hydrogen) atoms. The third-order valence-electron chi connectivity index (χ3n) is 0.951. The fourth-order valence-electron chi connectivity index (χ4n) is 0.483. The zero-order chi connectivity index (χ0) is 6.85. The summed E-state index contributed by atoms with van der Waals surface area (Å²) in [5, 5.41) is 0.565. The van der Waals surface area contributed by atoms with Crippen molar-refractivity contribution in [2.75, 3.05) is 5.73 Å². The molecule has 49 valence electrons. The van der Waals surface area contributed by atoms with E-state index in [-0.39, 0.29) is 0 Å². The van der Waals surface area contributed by atoms with Gasteiger partial charge < -0.3 is 5.73 Å². The Hall–Kier alpha value is -0.280. The minimum absolute atomic E-state index is 0.417. The first kappa shape index (κ1) is 6.83. The molecule has 0 saturated carbocycles. The Morgan fingerprint density at radius 1 is 1.78 bits per heavy atom. The number of hydrogen-bond acceptors (Lipinski definition) is 3. The van der Waals surface area contributed by atoms with Crippen molar-refractivity contribution in [1.82, 2.24) is 4.37 Å². The highest BCUT2D eigenvalue weighted by atomic mass is 35.5. The van der Waals surface area contributed by atoms with Gasteiger partial charge in [0.15, 0.2) is 5.82 Å². The number of hydrogen-bond donors (Lipinski definition) is 1. The number of nitrogens with two attached hydrogens (primary N) is 1. The van der Waals surface area contributed by atoms with Crippen LogP contribution in [0.3, 0.4) is 0 Å². The zero-order valence-corrected chi connectivity index (χ0v) is 6.30. The van der Waals surface area contributed by atoms with Crippen LogP contribution in [0.2, 0.25) is 5.02 Å². The molecule has 2 N–H and O–H groups in total. The van der Waals surface area contributed by atoms with E-state index >= 15 is 0 Å². The summed E-state index contributed by atoms with van der Waals surface area (Å²) in [6.45, 7) is 3.66. The van der Waals surface area contributed by atoms with Gasteiger partial charge in [-0.05, 0) is 24.9 Å². The van der Waals surface area contributed by atoms with Crippen molar-refractivity contribution in [3.63, 3.8) is 0 Å². The summed E-state index contributed by atoms with van der Waals surface area (Å²) in [7, 11) is 0. The normalized spacial score (nSPS) is 10.0. The topological polar surface area (TPSA) is 38.9 Å². The first-order valence-corrected chi connectivity index (χ1v) is 3.59. The van der Waals surface area contributed by atoms with E-state index in [1.807, 2.05) is 0 Å². The first-order valence-electron chi connectivity index (χ1n) is 2.44. The second-order valence-electron chi connectivity index (χ2n) is 1.55. The molecule has 1 rings (SSSR count). The minimum Gasteiger partial charge on any atom is -0.382 e. The van der Waals surface area contributed by atoms with E-state index in [9.17, 15) is 0 Å². The van der Waals surface area contributed by atoms with E-state index in [0.717, 1.165) is 4.88 Å². The molecule has 0 aliphatic heterocycles. The molecule has 4 heteroatoms. The highest BCUT2D eigenvalue weighted by Gasteiger charge is 2.04. The van der Waals surface area contributed by atoms with Gasteiger partial charge in [0.05, 0.1) is 5.02 Å². The number of aromatic nitrogens is 1. The molecule has 1 heterocycles. The summed E-state index contributed by atoms with van der Waals surface area (Å²) in [6.07, 6.45) is 0.660. The largest absolute Gasteiger partial charge is 0.382 e. The van der Waals surface area contributed by atoms with Gasteiger partial charge in [-0.25, -0.2) is 0 Å². The summed E-state index contributed by atoms with van der Waals surface area (Å²) in [6, 6.07) is 0. The molecule has 1 aromatic heterocycles. The van der Waals surface area contributed by atoms with Crippen LogP contribution in [0.1, 0.15) is 4.88 Å². The Morgan fingerprint density at radius 3 is 2.67 bits per heavy atom. The Morgan fingerprint density at radius 2 is 2.44 bits per heavy atom. The highest BCUT2D eigenvalue weighted by molar-refractivity contribution is 7.06. The van der Waals surface area contributed by atoms with Crippen LogP contribution in [0.4, 0.5) is 5.82 Å². The lowest BCUT2D eigenvalue weighted by Crippen LogP contribution is -1.83. The molecular weight excluding hydrogens is 156 g/mol. The molecule has 2 nitrogen and oxygen atoms in total. The average Bonchev–Trinajstić information content (AvgIpc) is 2.15. The number of anilines is 1. The van der Waals surface area contributed by atoms with Gasteiger partial charge in [-0.3, -0.25) is 0 Å². The van der Waals surface area contributed by atoms with Crippen molar-refractivity contribution in [2.24, 2.45) is 0 Å². The number of halogens is 1. The molecule has 0 fully saturated rings. The molecule has 1 radical (unpaired) electrons. The lowest BCUT2D eigenvalue weighted by molar-refractivity contribution is 1.35. The molecule has 0 aliphatic carbocycles. The van der Waals surface area contributed by atoms with Gasteiger partial charge in [0, 0.05) is 4.88 Å². The standard InChI is InChI=1S/C5H6ClN2S/c1-2-3-4(6)5(7)8-9-3/h1-2H2,(H2,7,8). The van der Waals surface area contributed by atoms with Crippen molar-refractivity contribution in [3.05, 3.63) is 16.8 Å². The smallest absolute Gasteiger partial charge is 0.156 e. The summed E-state index contributed by atoms with van der Waals surface area (Å²) >= 11 is 7.00. The summed E-state index contributed by atoms with van der Waals surface area (Å²) in [5.41, 5.74) is 5.36. The quantitative estimate of drug-likeness (QED) is 0.682. The van der Waals surface area contributed by atoms with Gasteiger partial charge in [0.25, 0.3) is 0 Å². The van der Waals surface area contributed by atoms with Gasteiger partial charge in [-0.15, -0.1) is 0 Å². The third kappa shape index (κ3) is 1.17. The van der Waals surface area contributed by atoms with E-state index in [1.165, 1.54) is 11.5 Å². The van der Waals surface area contributed by atoms with Crippen LogP contribution in [0, 0.1) is 6.92 Å². The van der Waals surface area contributed by atoms with Crippen molar-refractivity contribution >= 4 is 29.0 Å². The van der Waals surface area contributed by atoms with Gasteiger partial charge in [-0.2, -0.15) is 4.37 Å². The highest BCUT2D eigenvalue weighted by Crippen LogP contribution is 2.26. The average molecular weight is 162 g/mol. The van der Waals surface area contributed by atoms with Crippen LogP contribution in [0.15, 0.2) is 0 Å². The molecular formula is C5H6ClN2S. The van der Waals surface area contributed by atoms with Crippen LogP contribution in [-0.2, 0) is 6.42 Å². The van der Waals surface area contributed by atoms with Crippen LogP contribution in [-0.4, -0.2) is 4.37 Å². The lowest BCUT2D eigenvalue weighted by Gasteiger charge is -1.86. The molecule has 0 saturated heterocycles. The number of nitrogen functional groups attached to an aromatic ring is 1. The van der Waals surface area contributed by atoms with Gasteiger partial charge in [-0.1, -0.05) is 11.6 Å². The fraction of sp³-hybridized carbons (Fsp3) is 0.200. The minimum atomic E-state index is 0.417. The van der Waals surface area contributed by atoms with E-state index in [0.29, 0.717) is 17.3 Å². The fourth-order valence-corrected chi connectivity index (χ4v) is 1.35. The van der Waals surface area contributed by atoms with Crippen LogP contribution in [0.5, 0.6) is 0 Å². The molecule has 1 aromatic rings. The molecule has 0 unspecified atom stereocenters. The predicted octanol–water partition coefficient (Wildman–Crippen LogP) is 1.76. The second-order valence-corrected chi connectivity index (χ2v) is 2.79. The van der Waals surface area contributed by atoms with Crippen molar-refractivity contribution in [1.29, 1.82) is 0 Å². The maximum absolute atomic E-state index is 5.69. The van der Waals surface area contributed by atoms with E-state index in [1.54, 1.807) is 0 Å². The lowest BCUT2D eigenvalue weighted by atomic mass is 10.4. The first-order chi connectivity index (χ1) is 4.25. The number of rotatable bonds is 1. The van der Waals surface area contributed by atoms with Gasteiger partial charge in [0.1, 0.15) is 0 Å². The van der Waals surface area contributed by atoms with Gasteiger partial charge in [0.2, 0.25) is 0 Å². The van der Waals surface area contributed by atoms with Crippen molar-refractivity contribution < 1.29 is 0 Å². The monoisotopic (exact) mass is 161 g/mol. The molecule has 0 amide bonds. The predicted molar refractivity (Wildman–Crippen MR) is 40.6 cm³/mol. The Balaban J connectivity index is 3.04. The Kier molecular flexibility index (Phi) is 1.93. The Bertz CT molecular complexity index is 209. The molecule has 0 bridgehead atoms. The van der Waals surface area contributed by atoms with Gasteiger partial charge >= 0.3 is 0 Å². The third-order valence-corrected chi connectivity index (χ3v) is 2.40. The summed E-state index contributed by atoms with van der Waals surface area (Å²) < 4.78 is 3.83. The molecule has 0 atom stereocenters. The van der Waals surface area contributed by atoms with Crippen LogP contribution in [0.25, 0.3) is 0 Å². The second kappa shape index (κ2) is 2.54. The Labute approximate surface area is 62.8 Å². The van der Waals surface area contributed by atoms with E-state index in [2.05, 4.69) is 11.3 Å². The SMILES string of the molecule is [CH2]Cc1snc(N)c1Cl. The summed E-state index contributed by atoms with van der Waals surface area (Å²) in [4.78, 5) is 0.953. The molecule has 0 aliphatic rings. The van der Waals surface area contributed by atoms with Crippen LogP contribution < -0.4 is 5.73 Å². The number of nitrogens with zero attached hydrogens (tertiary/aromatic N) is 1. The zero-order valence-electron chi connectivity index (χ0n) is 4.72. The van der Waals surface area contributed by atoms with Crippen LogP contribution >= 0.6 is 23.1 Å². The molecule has 0 spiro atoms.